The number of nitrogens with zero attached hydrogens (tertiary/aromatic N) is 6. The maximum absolute atomic E-state index is 13.2. The molecule has 3 aromatic heterocycles. The summed E-state index contributed by atoms with van der Waals surface area (Å²) in [6, 6.07) is 6.09. The molecule has 1 amide bonds. The van der Waals surface area contributed by atoms with E-state index in [0.717, 1.165) is 45.4 Å². The van der Waals surface area contributed by atoms with Gasteiger partial charge in [-0.05, 0) is 36.3 Å². The number of benzene rings is 1. The van der Waals surface area contributed by atoms with Gasteiger partial charge in [0, 0.05) is 37.8 Å². The Bertz CT molecular complexity index is 1360. The minimum absolute atomic E-state index is 0.140. The standard InChI is InChI=1S/C23H25N7O2/c1-5-20-15-7-9-19-16-12-14(6-8-18(16)25-26-19)17-13-24-30(4)23(17)32-11-10-28(2)22(31)21(15)27-29(20)3/h6-9,12-13H,5,10-11H2,1-4H3,(H,25,26)/b9-7+. The third kappa shape index (κ3) is 3.17. The van der Waals surface area contributed by atoms with Crippen molar-refractivity contribution in [2.24, 2.45) is 14.1 Å². The fourth-order valence-electron chi connectivity index (χ4n) is 4.18. The van der Waals surface area contributed by atoms with Crippen LogP contribution in [-0.4, -0.2) is 60.8 Å². The lowest BCUT2D eigenvalue weighted by Gasteiger charge is -2.17. The fraction of sp³-hybridized carbons (Fsp3) is 0.304. The lowest BCUT2D eigenvalue weighted by molar-refractivity contribution is 0.0765. The Morgan fingerprint density at radius 3 is 2.81 bits per heavy atom. The number of H-pyrrole nitrogens is 1. The van der Waals surface area contributed by atoms with E-state index >= 15 is 0 Å². The number of likely N-dealkylation sites (N-methyl/N-ethyl adjacent to an activating group) is 1. The van der Waals surface area contributed by atoms with Gasteiger partial charge in [-0.2, -0.15) is 15.3 Å². The zero-order valence-electron chi connectivity index (χ0n) is 18.6. The molecule has 1 N–H and O–H groups in total. The first kappa shape index (κ1) is 20.0. The number of hydrogen-bond donors (Lipinski definition) is 1. The van der Waals surface area contributed by atoms with Crippen LogP contribution in [0, 0.1) is 0 Å². The molecule has 9 heteroatoms. The van der Waals surface area contributed by atoms with Gasteiger partial charge in [-0.25, -0.2) is 4.68 Å². The molecule has 0 aliphatic carbocycles. The number of aromatic amines is 1. The topological polar surface area (TPSA) is 93.9 Å². The summed E-state index contributed by atoms with van der Waals surface area (Å²) in [4.78, 5) is 14.9. The smallest absolute Gasteiger partial charge is 0.274 e. The van der Waals surface area contributed by atoms with Crippen LogP contribution in [0.15, 0.2) is 24.4 Å². The van der Waals surface area contributed by atoms with Crippen molar-refractivity contribution in [3.05, 3.63) is 47.0 Å². The van der Waals surface area contributed by atoms with Crippen molar-refractivity contribution >= 4 is 29.0 Å². The van der Waals surface area contributed by atoms with Crippen LogP contribution in [0.25, 0.3) is 34.2 Å². The van der Waals surface area contributed by atoms with Gasteiger partial charge in [0.2, 0.25) is 5.88 Å². The van der Waals surface area contributed by atoms with Gasteiger partial charge in [-0.3, -0.25) is 14.6 Å². The summed E-state index contributed by atoms with van der Waals surface area (Å²) < 4.78 is 9.57. The van der Waals surface area contributed by atoms with E-state index in [-0.39, 0.29) is 5.91 Å². The lowest BCUT2D eigenvalue weighted by Crippen LogP contribution is -2.31. The molecule has 0 radical (unpaired) electrons. The van der Waals surface area contributed by atoms with Crippen molar-refractivity contribution in [1.82, 2.24) is 34.7 Å². The second-order valence-corrected chi connectivity index (χ2v) is 7.95. The molecule has 1 aliphatic rings. The maximum atomic E-state index is 13.2. The molecular formula is C23H25N7O2. The molecule has 0 saturated heterocycles. The van der Waals surface area contributed by atoms with Crippen LogP contribution >= 0.6 is 0 Å². The van der Waals surface area contributed by atoms with Crippen molar-refractivity contribution < 1.29 is 9.53 Å². The molecule has 2 bridgehead atoms. The van der Waals surface area contributed by atoms with Gasteiger partial charge in [0.1, 0.15) is 6.61 Å². The average molecular weight is 432 g/mol. The first-order valence-corrected chi connectivity index (χ1v) is 10.6. The van der Waals surface area contributed by atoms with Gasteiger partial charge in [0.05, 0.1) is 29.5 Å². The quantitative estimate of drug-likeness (QED) is 0.500. The van der Waals surface area contributed by atoms with Gasteiger partial charge < -0.3 is 9.64 Å². The number of rotatable bonds is 1. The second-order valence-electron chi connectivity index (χ2n) is 7.95. The number of aromatic nitrogens is 6. The number of amides is 1. The highest BCUT2D eigenvalue weighted by Crippen LogP contribution is 2.33. The number of nitrogens with one attached hydrogen (secondary N) is 1. The van der Waals surface area contributed by atoms with Gasteiger partial charge in [0.15, 0.2) is 5.69 Å². The predicted molar refractivity (Wildman–Crippen MR) is 122 cm³/mol. The lowest BCUT2D eigenvalue weighted by atomic mass is 10.0. The van der Waals surface area contributed by atoms with Crippen LogP contribution in [-0.2, 0) is 20.5 Å². The molecule has 0 fully saturated rings. The van der Waals surface area contributed by atoms with Gasteiger partial charge in [-0.15, -0.1) is 0 Å². The Kier molecular flexibility index (Phi) is 4.80. The molecule has 164 valence electrons. The molecule has 1 aromatic carbocycles. The molecule has 1 aliphatic heterocycles. The average Bonchev–Trinajstić information content (AvgIpc) is 3.45. The van der Waals surface area contributed by atoms with Crippen LogP contribution in [0.3, 0.4) is 0 Å². The summed E-state index contributed by atoms with van der Waals surface area (Å²) in [5, 5.41) is 17.4. The number of carbonyl (C=O) groups excluding carboxylic acids is 1. The van der Waals surface area contributed by atoms with E-state index in [1.165, 1.54) is 0 Å². The Hall–Kier alpha value is -3.88. The van der Waals surface area contributed by atoms with Crippen molar-refractivity contribution in [3.63, 3.8) is 0 Å². The van der Waals surface area contributed by atoms with Crippen LogP contribution < -0.4 is 4.74 Å². The normalized spacial score (nSPS) is 15.2. The molecule has 0 atom stereocenters. The highest BCUT2D eigenvalue weighted by atomic mass is 16.5. The van der Waals surface area contributed by atoms with E-state index in [0.29, 0.717) is 24.7 Å². The second kappa shape index (κ2) is 7.67. The summed E-state index contributed by atoms with van der Waals surface area (Å²) in [7, 11) is 5.48. The molecule has 32 heavy (non-hydrogen) atoms. The summed E-state index contributed by atoms with van der Waals surface area (Å²) in [5.41, 5.74) is 5.88. The monoisotopic (exact) mass is 431 g/mol. The van der Waals surface area contributed by atoms with Crippen LogP contribution in [0.5, 0.6) is 5.88 Å². The van der Waals surface area contributed by atoms with E-state index in [4.69, 9.17) is 4.74 Å². The third-order valence-corrected chi connectivity index (χ3v) is 5.95. The number of hydrogen-bond acceptors (Lipinski definition) is 5. The van der Waals surface area contributed by atoms with Gasteiger partial charge >= 0.3 is 0 Å². The van der Waals surface area contributed by atoms with Crippen molar-refractivity contribution in [2.45, 2.75) is 13.3 Å². The highest BCUT2D eigenvalue weighted by Gasteiger charge is 2.23. The Morgan fingerprint density at radius 2 is 2.00 bits per heavy atom. The molecular weight excluding hydrogens is 406 g/mol. The molecule has 0 saturated carbocycles. The van der Waals surface area contributed by atoms with Crippen LogP contribution in [0.2, 0.25) is 0 Å². The molecule has 0 unspecified atom stereocenters. The Morgan fingerprint density at radius 1 is 1.16 bits per heavy atom. The van der Waals surface area contributed by atoms with Crippen molar-refractivity contribution in [3.8, 4) is 17.0 Å². The number of ether oxygens (including phenoxy) is 1. The van der Waals surface area contributed by atoms with Gasteiger partial charge in [0.25, 0.3) is 5.91 Å². The number of carbonyl (C=O) groups is 1. The van der Waals surface area contributed by atoms with Crippen molar-refractivity contribution in [2.75, 3.05) is 20.2 Å². The van der Waals surface area contributed by atoms with E-state index in [9.17, 15) is 4.79 Å². The van der Waals surface area contributed by atoms with Crippen LogP contribution in [0.4, 0.5) is 0 Å². The predicted octanol–water partition coefficient (Wildman–Crippen LogP) is 2.89. The minimum Gasteiger partial charge on any atom is -0.476 e. The summed E-state index contributed by atoms with van der Waals surface area (Å²) in [5.74, 6) is 0.520. The van der Waals surface area contributed by atoms with Crippen molar-refractivity contribution in [1.29, 1.82) is 0 Å². The molecule has 4 heterocycles. The zero-order chi connectivity index (χ0) is 22.4. The zero-order valence-corrected chi connectivity index (χ0v) is 18.6. The first-order chi connectivity index (χ1) is 15.5. The summed E-state index contributed by atoms with van der Waals surface area (Å²) in [6.07, 6.45) is 6.48. The highest BCUT2D eigenvalue weighted by molar-refractivity contribution is 5.98. The molecule has 0 spiro atoms. The Balaban J connectivity index is 1.71. The van der Waals surface area contributed by atoms with E-state index in [2.05, 4.69) is 33.4 Å². The SMILES string of the molecule is CCc1c2c(nn1C)C(=O)N(C)CCOc1c(cnn1C)-c1ccc3n[nH]c(c3c1)/C=C/2. The summed E-state index contributed by atoms with van der Waals surface area (Å²) >= 11 is 0. The maximum Gasteiger partial charge on any atom is 0.274 e. The Labute approximate surface area is 185 Å². The fourth-order valence-corrected chi connectivity index (χ4v) is 4.18. The van der Waals surface area contributed by atoms with E-state index in [1.54, 1.807) is 27.5 Å². The van der Waals surface area contributed by atoms with Gasteiger partial charge in [-0.1, -0.05) is 13.0 Å². The number of fused-ring (bicyclic) bond motifs is 4. The minimum atomic E-state index is -0.140. The third-order valence-electron chi connectivity index (χ3n) is 5.95. The molecule has 9 nitrogen and oxygen atoms in total. The molecule has 5 rings (SSSR count). The summed E-state index contributed by atoms with van der Waals surface area (Å²) in [6.45, 7) is 2.82. The first-order valence-electron chi connectivity index (χ1n) is 10.6. The largest absolute Gasteiger partial charge is 0.476 e. The number of aryl methyl sites for hydroxylation is 2. The molecule has 4 aromatic rings. The van der Waals surface area contributed by atoms with Crippen LogP contribution in [0.1, 0.15) is 34.4 Å². The van der Waals surface area contributed by atoms with E-state index < -0.39 is 0 Å². The van der Waals surface area contributed by atoms with E-state index in [1.807, 2.05) is 38.4 Å².